The Hall–Kier alpha value is -1.95. The lowest BCUT2D eigenvalue weighted by atomic mass is 10.1. The zero-order valence-corrected chi connectivity index (χ0v) is 15.1. The molecule has 1 aromatic carbocycles. The van der Waals surface area contributed by atoms with E-state index in [2.05, 4.69) is 24.0 Å². The molecule has 1 heterocycles. The third-order valence-electron chi connectivity index (χ3n) is 3.29. The smallest absolute Gasteiger partial charge is 0.231 e. The van der Waals surface area contributed by atoms with Gasteiger partial charge in [0.2, 0.25) is 11.0 Å². The first-order valence-electron chi connectivity index (χ1n) is 7.71. The number of hydrogen-bond acceptors (Lipinski definition) is 5. The van der Waals surface area contributed by atoms with E-state index in [0.29, 0.717) is 17.6 Å². The molecule has 0 aliphatic carbocycles. The summed E-state index contributed by atoms with van der Waals surface area (Å²) in [5, 5.41) is 9.93. The van der Waals surface area contributed by atoms with Gasteiger partial charge in [-0.25, -0.2) is 0 Å². The molecular weight excluding hydrogens is 310 g/mol. The van der Waals surface area contributed by atoms with E-state index in [-0.39, 0.29) is 11.8 Å². The zero-order valence-electron chi connectivity index (χ0n) is 14.2. The number of nitrogens with zero attached hydrogens (tertiary/aromatic N) is 3. The fourth-order valence-corrected chi connectivity index (χ4v) is 2.98. The highest BCUT2D eigenvalue weighted by Gasteiger charge is 2.23. The zero-order chi connectivity index (χ0) is 17.0. The van der Waals surface area contributed by atoms with E-state index in [0.717, 1.165) is 16.3 Å². The van der Waals surface area contributed by atoms with Crippen molar-refractivity contribution in [3.63, 3.8) is 0 Å². The van der Waals surface area contributed by atoms with Gasteiger partial charge in [-0.15, -0.1) is 10.2 Å². The second-order valence-corrected chi connectivity index (χ2v) is 7.07. The summed E-state index contributed by atoms with van der Waals surface area (Å²) in [6.45, 7) is 8.63. The first kappa shape index (κ1) is 17.4. The van der Waals surface area contributed by atoms with Crippen LogP contribution in [0.25, 0.3) is 10.6 Å². The lowest BCUT2D eigenvalue weighted by Gasteiger charge is -2.23. The predicted molar refractivity (Wildman–Crippen MR) is 93.9 cm³/mol. The second kappa shape index (κ2) is 7.55. The van der Waals surface area contributed by atoms with E-state index in [1.165, 1.54) is 11.3 Å². The van der Waals surface area contributed by atoms with E-state index >= 15 is 0 Å². The van der Waals surface area contributed by atoms with Crippen molar-refractivity contribution < 1.29 is 9.53 Å². The van der Waals surface area contributed by atoms with Crippen LogP contribution in [-0.2, 0) is 4.79 Å². The van der Waals surface area contributed by atoms with Crippen molar-refractivity contribution in [2.75, 3.05) is 18.6 Å². The first-order valence-corrected chi connectivity index (χ1v) is 8.53. The van der Waals surface area contributed by atoms with Gasteiger partial charge in [-0.1, -0.05) is 39.0 Å². The molecular formula is C17H23N3O2S. The molecule has 0 aliphatic rings. The molecule has 2 rings (SSSR count). The Labute approximate surface area is 141 Å². The second-order valence-electron chi connectivity index (χ2n) is 6.12. The van der Waals surface area contributed by atoms with Gasteiger partial charge in [-0.3, -0.25) is 9.69 Å². The molecule has 0 saturated carbocycles. The van der Waals surface area contributed by atoms with Gasteiger partial charge in [0.1, 0.15) is 10.8 Å². The maximum atomic E-state index is 12.5. The molecule has 0 fully saturated rings. The van der Waals surface area contributed by atoms with Gasteiger partial charge < -0.3 is 4.74 Å². The minimum absolute atomic E-state index is 0.0675. The van der Waals surface area contributed by atoms with Crippen LogP contribution in [-0.4, -0.2) is 29.8 Å². The lowest BCUT2D eigenvalue weighted by Crippen LogP contribution is -2.37. The highest BCUT2D eigenvalue weighted by Crippen LogP contribution is 2.30. The fraction of sp³-hybridized carbons (Fsp3) is 0.471. The Bertz CT molecular complexity index is 650. The van der Waals surface area contributed by atoms with Crippen LogP contribution < -0.4 is 9.64 Å². The van der Waals surface area contributed by atoms with Crippen LogP contribution in [0.15, 0.2) is 24.3 Å². The number of rotatable bonds is 6. The lowest BCUT2D eigenvalue weighted by molar-refractivity contribution is -0.121. The van der Waals surface area contributed by atoms with E-state index in [1.54, 1.807) is 12.0 Å². The van der Waals surface area contributed by atoms with Crippen molar-refractivity contribution in [1.29, 1.82) is 0 Å². The summed E-state index contributed by atoms with van der Waals surface area (Å²) in [6.07, 6.45) is 0. The largest absolute Gasteiger partial charge is 0.497 e. The number of hydrogen-bond donors (Lipinski definition) is 0. The predicted octanol–water partition coefficient (Wildman–Crippen LogP) is 3.86. The maximum absolute atomic E-state index is 12.5. The van der Waals surface area contributed by atoms with Gasteiger partial charge >= 0.3 is 0 Å². The Morgan fingerprint density at radius 1 is 1.17 bits per heavy atom. The van der Waals surface area contributed by atoms with Crippen LogP contribution in [0.3, 0.4) is 0 Å². The summed E-state index contributed by atoms with van der Waals surface area (Å²) in [5.74, 6) is 1.18. The maximum Gasteiger partial charge on any atom is 0.231 e. The first-order chi connectivity index (χ1) is 10.9. The Kier molecular flexibility index (Phi) is 5.71. The normalized spacial score (nSPS) is 11.1. The number of carbonyl (C=O) groups is 1. The van der Waals surface area contributed by atoms with Gasteiger partial charge in [-0.2, -0.15) is 0 Å². The molecule has 6 heteroatoms. The van der Waals surface area contributed by atoms with Crippen molar-refractivity contribution >= 4 is 22.4 Å². The third kappa shape index (κ3) is 4.28. The summed E-state index contributed by atoms with van der Waals surface area (Å²) < 4.78 is 5.16. The van der Waals surface area contributed by atoms with Crippen molar-refractivity contribution in [1.82, 2.24) is 10.2 Å². The van der Waals surface area contributed by atoms with Gasteiger partial charge in [0, 0.05) is 18.0 Å². The van der Waals surface area contributed by atoms with Crippen molar-refractivity contribution in [3.05, 3.63) is 24.3 Å². The summed E-state index contributed by atoms with van der Waals surface area (Å²) >= 11 is 1.44. The number of aromatic nitrogens is 2. The number of methoxy groups -OCH3 is 1. The number of ether oxygens (including phenoxy) is 1. The van der Waals surface area contributed by atoms with E-state index in [9.17, 15) is 4.79 Å². The van der Waals surface area contributed by atoms with Crippen LogP contribution in [0.4, 0.5) is 5.13 Å². The number of anilines is 1. The Morgan fingerprint density at radius 3 is 2.35 bits per heavy atom. The summed E-state index contributed by atoms with van der Waals surface area (Å²) in [7, 11) is 1.64. The van der Waals surface area contributed by atoms with E-state index in [4.69, 9.17) is 4.74 Å². The Balaban J connectivity index is 2.28. The molecule has 0 radical (unpaired) electrons. The fourth-order valence-electron chi connectivity index (χ4n) is 2.11. The average Bonchev–Trinajstić information content (AvgIpc) is 3.01. The summed E-state index contributed by atoms with van der Waals surface area (Å²) in [5.41, 5.74) is 0.969. The van der Waals surface area contributed by atoms with E-state index in [1.807, 2.05) is 38.1 Å². The molecule has 0 bridgehead atoms. The Morgan fingerprint density at radius 2 is 1.83 bits per heavy atom. The molecule has 0 N–H and O–H groups in total. The van der Waals surface area contributed by atoms with Crippen molar-refractivity contribution in [2.24, 2.45) is 11.8 Å². The van der Waals surface area contributed by atoms with Crippen molar-refractivity contribution in [2.45, 2.75) is 27.7 Å². The molecule has 0 spiro atoms. The van der Waals surface area contributed by atoms with Gasteiger partial charge in [-0.05, 0) is 30.2 Å². The standard InChI is InChI=1S/C17H23N3O2S/c1-11(2)10-20(16(21)12(3)4)17-19-18-15(23-17)13-6-8-14(22-5)9-7-13/h6-9,11-12H,10H2,1-5H3. The molecule has 23 heavy (non-hydrogen) atoms. The van der Waals surface area contributed by atoms with Gasteiger partial charge in [0.15, 0.2) is 0 Å². The van der Waals surface area contributed by atoms with Gasteiger partial charge in [0.05, 0.1) is 7.11 Å². The molecule has 0 saturated heterocycles. The molecule has 1 aromatic heterocycles. The topological polar surface area (TPSA) is 55.3 Å². The number of benzene rings is 1. The molecule has 0 unspecified atom stereocenters. The van der Waals surface area contributed by atoms with Crippen LogP contribution in [0, 0.1) is 11.8 Å². The monoisotopic (exact) mass is 333 g/mol. The van der Waals surface area contributed by atoms with Crippen LogP contribution in [0.2, 0.25) is 0 Å². The quantitative estimate of drug-likeness (QED) is 0.805. The molecule has 1 amide bonds. The highest BCUT2D eigenvalue weighted by molar-refractivity contribution is 7.18. The minimum atomic E-state index is -0.0675. The van der Waals surface area contributed by atoms with Crippen molar-refractivity contribution in [3.8, 4) is 16.3 Å². The number of amides is 1. The summed E-state index contributed by atoms with van der Waals surface area (Å²) in [6, 6.07) is 7.67. The van der Waals surface area contributed by atoms with Gasteiger partial charge in [0.25, 0.3) is 0 Å². The molecule has 5 nitrogen and oxygen atoms in total. The highest BCUT2D eigenvalue weighted by atomic mass is 32.1. The third-order valence-corrected chi connectivity index (χ3v) is 4.29. The molecule has 2 aromatic rings. The summed E-state index contributed by atoms with van der Waals surface area (Å²) in [4.78, 5) is 14.2. The van der Waals surface area contributed by atoms with Crippen LogP contribution in [0.1, 0.15) is 27.7 Å². The molecule has 0 aliphatic heterocycles. The van der Waals surface area contributed by atoms with Crippen LogP contribution in [0.5, 0.6) is 5.75 Å². The molecule has 124 valence electrons. The molecule has 0 atom stereocenters. The SMILES string of the molecule is COc1ccc(-c2nnc(N(CC(C)C)C(=O)C(C)C)s2)cc1. The van der Waals surface area contributed by atoms with E-state index < -0.39 is 0 Å². The van der Waals surface area contributed by atoms with Crippen LogP contribution >= 0.6 is 11.3 Å². The minimum Gasteiger partial charge on any atom is -0.497 e. The number of carbonyl (C=O) groups excluding carboxylic acids is 1. The average molecular weight is 333 g/mol.